The van der Waals surface area contributed by atoms with Crippen LogP contribution in [0, 0.1) is 10.5 Å². The van der Waals surface area contributed by atoms with E-state index in [-0.39, 0.29) is 6.04 Å². The van der Waals surface area contributed by atoms with Crippen LogP contribution in [-0.2, 0) is 0 Å². The van der Waals surface area contributed by atoms with Gasteiger partial charge in [0.25, 0.3) is 0 Å². The molecule has 0 amide bonds. The van der Waals surface area contributed by atoms with Gasteiger partial charge < -0.3 is 5.32 Å². The van der Waals surface area contributed by atoms with Gasteiger partial charge >= 0.3 is 0 Å². The minimum Gasteiger partial charge on any atom is -0.306 e. The van der Waals surface area contributed by atoms with Crippen molar-refractivity contribution in [2.75, 3.05) is 6.54 Å². The van der Waals surface area contributed by atoms with E-state index in [4.69, 9.17) is 0 Å². The van der Waals surface area contributed by atoms with Crippen molar-refractivity contribution < 1.29 is 0 Å². The third-order valence-corrected chi connectivity index (χ3v) is 5.46. The van der Waals surface area contributed by atoms with E-state index >= 15 is 0 Å². The molecule has 0 aliphatic carbocycles. The van der Waals surface area contributed by atoms with Crippen LogP contribution >= 0.6 is 49.9 Å². The molecule has 1 atom stereocenters. The first-order chi connectivity index (χ1) is 8.61. The fourth-order valence-electron chi connectivity index (χ4n) is 1.92. The molecule has 0 fully saturated rings. The summed E-state index contributed by atoms with van der Waals surface area (Å²) in [6.07, 6.45) is 0. The molecular formula is C14H15BrINS. The molecular weight excluding hydrogens is 421 g/mol. The molecule has 1 heterocycles. The summed E-state index contributed by atoms with van der Waals surface area (Å²) in [7, 11) is 0. The first-order valence-electron chi connectivity index (χ1n) is 5.86. The van der Waals surface area contributed by atoms with Gasteiger partial charge in [0.2, 0.25) is 0 Å². The van der Waals surface area contributed by atoms with Gasteiger partial charge in [0.05, 0.1) is 6.04 Å². The van der Waals surface area contributed by atoms with Crippen LogP contribution in [0.4, 0.5) is 0 Å². The maximum atomic E-state index is 3.67. The highest BCUT2D eigenvalue weighted by Gasteiger charge is 2.18. The molecule has 0 spiro atoms. The fourth-order valence-corrected chi connectivity index (χ4v) is 4.26. The maximum absolute atomic E-state index is 3.67. The van der Waals surface area contributed by atoms with E-state index < -0.39 is 0 Å². The number of aryl methyl sites for hydroxylation is 1. The molecule has 2 aromatic rings. The molecule has 0 radical (unpaired) electrons. The summed E-state index contributed by atoms with van der Waals surface area (Å²) >= 11 is 7.86. The third-order valence-electron chi connectivity index (χ3n) is 2.71. The molecule has 1 unspecified atom stereocenters. The summed E-state index contributed by atoms with van der Waals surface area (Å²) in [6.45, 7) is 5.25. The third kappa shape index (κ3) is 3.35. The minimum atomic E-state index is 0.278. The van der Waals surface area contributed by atoms with Crippen LogP contribution in [0.5, 0.6) is 0 Å². The van der Waals surface area contributed by atoms with Crippen molar-refractivity contribution in [2.24, 2.45) is 0 Å². The number of hydrogen-bond acceptors (Lipinski definition) is 2. The Morgan fingerprint density at radius 3 is 2.50 bits per heavy atom. The quantitative estimate of drug-likeness (QED) is 0.657. The highest BCUT2D eigenvalue weighted by molar-refractivity contribution is 14.1. The lowest BCUT2D eigenvalue weighted by Gasteiger charge is -2.18. The van der Waals surface area contributed by atoms with Gasteiger partial charge in [-0.25, -0.2) is 0 Å². The second kappa shape index (κ2) is 6.50. The molecule has 96 valence electrons. The lowest BCUT2D eigenvalue weighted by atomic mass is 10.1. The molecule has 4 heteroatoms. The van der Waals surface area contributed by atoms with Crippen LogP contribution < -0.4 is 5.32 Å². The van der Waals surface area contributed by atoms with E-state index in [1.165, 1.54) is 23.4 Å². The summed E-state index contributed by atoms with van der Waals surface area (Å²) in [6, 6.07) is 11.2. The van der Waals surface area contributed by atoms with Gasteiger partial charge in [-0.05, 0) is 75.8 Å². The topological polar surface area (TPSA) is 12.0 Å². The number of hydrogen-bond donors (Lipinski definition) is 1. The van der Waals surface area contributed by atoms with Crippen LogP contribution in [0.2, 0.25) is 0 Å². The zero-order valence-corrected chi connectivity index (χ0v) is 14.9. The maximum Gasteiger partial charge on any atom is 0.0682 e. The normalized spacial score (nSPS) is 12.7. The molecule has 0 saturated carbocycles. The van der Waals surface area contributed by atoms with Crippen molar-refractivity contribution in [3.8, 4) is 0 Å². The second-order valence-electron chi connectivity index (χ2n) is 4.11. The second-order valence-corrected chi connectivity index (χ2v) is 7.50. The molecule has 18 heavy (non-hydrogen) atoms. The average molecular weight is 436 g/mol. The summed E-state index contributed by atoms with van der Waals surface area (Å²) in [4.78, 5) is 2.70. The van der Waals surface area contributed by atoms with Crippen LogP contribution in [-0.4, -0.2) is 6.54 Å². The molecule has 2 rings (SSSR count). The number of rotatable bonds is 4. The average Bonchev–Trinajstić information content (AvgIpc) is 2.67. The number of thiophene rings is 1. The Hall–Kier alpha value is 0.0900. The van der Waals surface area contributed by atoms with Crippen LogP contribution in [0.3, 0.4) is 0 Å². The lowest BCUT2D eigenvalue weighted by Crippen LogP contribution is -2.21. The van der Waals surface area contributed by atoms with E-state index in [1.807, 2.05) is 11.3 Å². The van der Waals surface area contributed by atoms with Crippen molar-refractivity contribution in [1.82, 2.24) is 5.32 Å². The highest BCUT2D eigenvalue weighted by Crippen LogP contribution is 2.35. The summed E-state index contributed by atoms with van der Waals surface area (Å²) < 4.78 is 2.47. The Morgan fingerprint density at radius 2 is 2.00 bits per heavy atom. The van der Waals surface area contributed by atoms with Gasteiger partial charge in [-0.3, -0.25) is 0 Å². The number of nitrogens with one attached hydrogen (secondary N) is 1. The van der Waals surface area contributed by atoms with E-state index in [9.17, 15) is 0 Å². The van der Waals surface area contributed by atoms with Gasteiger partial charge in [-0.15, -0.1) is 11.3 Å². The predicted octanol–water partition coefficient (Wildman–Crippen LogP) is 5.12. The predicted molar refractivity (Wildman–Crippen MR) is 91.4 cm³/mol. The number of halogens is 2. The molecule has 1 aromatic carbocycles. The van der Waals surface area contributed by atoms with Gasteiger partial charge in [0.15, 0.2) is 0 Å². The molecule has 0 aliphatic rings. The Balaban J connectivity index is 2.39. The van der Waals surface area contributed by atoms with Gasteiger partial charge in [-0.2, -0.15) is 0 Å². The van der Waals surface area contributed by atoms with Gasteiger partial charge in [-0.1, -0.05) is 19.1 Å². The van der Waals surface area contributed by atoms with E-state index in [0.717, 1.165) is 6.54 Å². The zero-order valence-electron chi connectivity index (χ0n) is 10.3. The van der Waals surface area contributed by atoms with Crippen molar-refractivity contribution in [1.29, 1.82) is 0 Å². The van der Waals surface area contributed by atoms with E-state index in [2.05, 4.69) is 88.0 Å². The largest absolute Gasteiger partial charge is 0.306 e. The van der Waals surface area contributed by atoms with E-state index in [0.29, 0.717) is 0 Å². The SMILES string of the molecule is CCNC(c1ccc(I)cc1)c1sc(C)cc1Br. The Kier molecular flexibility index (Phi) is 5.24. The van der Waals surface area contributed by atoms with Gasteiger partial charge in [0, 0.05) is 17.8 Å². The summed E-state index contributed by atoms with van der Waals surface area (Å²) in [5, 5.41) is 3.57. The van der Waals surface area contributed by atoms with Crippen molar-refractivity contribution >= 4 is 49.9 Å². The van der Waals surface area contributed by atoms with Crippen LogP contribution in [0.25, 0.3) is 0 Å². The fraction of sp³-hybridized carbons (Fsp3) is 0.286. The smallest absolute Gasteiger partial charge is 0.0682 e. The Bertz CT molecular complexity index is 521. The lowest BCUT2D eigenvalue weighted by molar-refractivity contribution is 0.638. The first-order valence-corrected chi connectivity index (χ1v) is 8.55. The Labute approximate surface area is 134 Å². The summed E-state index contributed by atoms with van der Waals surface area (Å²) in [5.74, 6) is 0. The van der Waals surface area contributed by atoms with Crippen LogP contribution in [0.15, 0.2) is 34.8 Å². The first kappa shape index (κ1) is 14.5. The molecule has 1 aromatic heterocycles. The van der Waals surface area contributed by atoms with E-state index in [1.54, 1.807) is 0 Å². The van der Waals surface area contributed by atoms with Crippen LogP contribution in [0.1, 0.15) is 28.3 Å². The molecule has 0 saturated heterocycles. The highest BCUT2D eigenvalue weighted by atomic mass is 127. The van der Waals surface area contributed by atoms with Crippen molar-refractivity contribution in [3.63, 3.8) is 0 Å². The Morgan fingerprint density at radius 1 is 1.33 bits per heavy atom. The monoisotopic (exact) mass is 435 g/mol. The molecule has 1 nitrogen and oxygen atoms in total. The standard InChI is InChI=1S/C14H15BrINS/c1-3-17-13(10-4-6-11(16)7-5-10)14-12(15)8-9(2)18-14/h4-8,13,17H,3H2,1-2H3. The van der Waals surface area contributed by atoms with Crippen molar-refractivity contribution in [2.45, 2.75) is 19.9 Å². The number of benzene rings is 1. The molecule has 1 N–H and O–H groups in total. The minimum absolute atomic E-state index is 0.278. The molecule has 0 aliphatic heterocycles. The zero-order chi connectivity index (χ0) is 13.1. The summed E-state index contributed by atoms with van der Waals surface area (Å²) in [5.41, 5.74) is 1.32. The van der Waals surface area contributed by atoms with Gasteiger partial charge in [0.1, 0.15) is 0 Å². The molecule has 0 bridgehead atoms. The van der Waals surface area contributed by atoms with Crippen molar-refractivity contribution in [3.05, 3.63) is 53.7 Å².